The van der Waals surface area contributed by atoms with Gasteiger partial charge in [-0.2, -0.15) is 0 Å². The average molecular weight is 448 g/mol. The van der Waals surface area contributed by atoms with Gasteiger partial charge in [0.05, 0.1) is 6.61 Å². The maximum absolute atomic E-state index is 12.0. The van der Waals surface area contributed by atoms with Gasteiger partial charge in [0.1, 0.15) is 0 Å². The standard InChI is InChI=1S/C17H28N4O2.HI/c1-4-9-19-16(22)15-8-6-7-14(12-15)13-21-17(18-3)20-10-11-23-5-2;/h6-8,12H,4-5,9-11,13H2,1-3H3,(H,19,22)(H2,18,20,21);1H. The Morgan fingerprint density at radius 3 is 2.62 bits per heavy atom. The molecule has 0 aromatic heterocycles. The molecule has 24 heavy (non-hydrogen) atoms. The van der Waals surface area contributed by atoms with Crippen molar-refractivity contribution in [1.82, 2.24) is 16.0 Å². The first-order valence-corrected chi connectivity index (χ1v) is 8.10. The maximum Gasteiger partial charge on any atom is 0.251 e. The third kappa shape index (κ3) is 9.07. The summed E-state index contributed by atoms with van der Waals surface area (Å²) in [5.74, 6) is 0.679. The van der Waals surface area contributed by atoms with Gasteiger partial charge < -0.3 is 20.7 Å². The van der Waals surface area contributed by atoms with E-state index in [9.17, 15) is 4.79 Å². The number of rotatable bonds is 9. The molecular weight excluding hydrogens is 419 g/mol. The second kappa shape index (κ2) is 14.0. The van der Waals surface area contributed by atoms with Crippen molar-refractivity contribution in [1.29, 1.82) is 0 Å². The number of nitrogens with one attached hydrogen (secondary N) is 3. The van der Waals surface area contributed by atoms with E-state index in [-0.39, 0.29) is 29.9 Å². The lowest BCUT2D eigenvalue weighted by Crippen LogP contribution is -2.38. The van der Waals surface area contributed by atoms with E-state index in [2.05, 4.69) is 20.9 Å². The van der Waals surface area contributed by atoms with Crippen LogP contribution in [0, 0.1) is 0 Å². The Morgan fingerprint density at radius 1 is 1.17 bits per heavy atom. The molecule has 0 unspecified atom stereocenters. The molecule has 0 aliphatic rings. The molecule has 0 radical (unpaired) electrons. The predicted molar refractivity (Wildman–Crippen MR) is 109 cm³/mol. The molecule has 136 valence electrons. The van der Waals surface area contributed by atoms with Gasteiger partial charge in [-0.3, -0.25) is 9.79 Å². The highest BCUT2D eigenvalue weighted by Gasteiger charge is 2.05. The topological polar surface area (TPSA) is 74.8 Å². The van der Waals surface area contributed by atoms with E-state index >= 15 is 0 Å². The van der Waals surface area contributed by atoms with Crippen molar-refractivity contribution in [2.75, 3.05) is 33.4 Å². The van der Waals surface area contributed by atoms with Gasteiger partial charge in [-0.05, 0) is 31.0 Å². The lowest BCUT2D eigenvalue weighted by atomic mass is 10.1. The highest BCUT2D eigenvalue weighted by atomic mass is 127. The van der Waals surface area contributed by atoms with Gasteiger partial charge in [0.15, 0.2) is 5.96 Å². The fraction of sp³-hybridized carbons (Fsp3) is 0.529. The van der Waals surface area contributed by atoms with Gasteiger partial charge in [0.2, 0.25) is 0 Å². The summed E-state index contributed by atoms with van der Waals surface area (Å²) in [6, 6.07) is 7.59. The van der Waals surface area contributed by atoms with Gasteiger partial charge in [0, 0.05) is 38.9 Å². The van der Waals surface area contributed by atoms with Crippen LogP contribution in [0.15, 0.2) is 29.3 Å². The molecule has 0 bridgehead atoms. The quantitative estimate of drug-likeness (QED) is 0.234. The van der Waals surface area contributed by atoms with Gasteiger partial charge in [0.25, 0.3) is 5.91 Å². The Hall–Kier alpha value is -1.35. The molecule has 3 N–H and O–H groups in total. The number of hydrogen-bond acceptors (Lipinski definition) is 3. The molecule has 1 aromatic rings. The zero-order chi connectivity index (χ0) is 16.9. The van der Waals surface area contributed by atoms with Gasteiger partial charge >= 0.3 is 0 Å². The molecule has 0 saturated carbocycles. The van der Waals surface area contributed by atoms with Crippen LogP contribution in [-0.4, -0.2) is 45.2 Å². The summed E-state index contributed by atoms with van der Waals surface area (Å²) in [5.41, 5.74) is 1.71. The van der Waals surface area contributed by atoms with Crippen molar-refractivity contribution in [3.8, 4) is 0 Å². The van der Waals surface area contributed by atoms with Crippen LogP contribution < -0.4 is 16.0 Å². The molecule has 1 amide bonds. The SMILES string of the molecule is CCCNC(=O)c1cccc(CNC(=NC)NCCOCC)c1.I. The van der Waals surface area contributed by atoms with Crippen molar-refractivity contribution >= 4 is 35.8 Å². The summed E-state index contributed by atoms with van der Waals surface area (Å²) in [4.78, 5) is 16.1. The van der Waals surface area contributed by atoms with E-state index in [1.807, 2.05) is 38.1 Å². The van der Waals surface area contributed by atoms with Crippen molar-refractivity contribution in [2.45, 2.75) is 26.8 Å². The number of guanidine groups is 1. The van der Waals surface area contributed by atoms with Crippen LogP contribution in [0.3, 0.4) is 0 Å². The number of hydrogen-bond donors (Lipinski definition) is 3. The second-order valence-electron chi connectivity index (χ2n) is 5.01. The average Bonchev–Trinajstić information content (AvgIpc) is 2.59. The van der Waals surface area contributed by atoms with Crippen LogP contribution in [0.25, 0.3) is 0 Å². The van der Waals surface area contributed by atoms with Crippen molar-refractivity contribution in [3.05, 3.63) is 35.4 Å². The summed E-state index contributed by atoms with van der Waals surface area (Å²) in [6.07, 6.45) is 0.927. The number of carbonyl (C=O) groups excluding carboxylic acids is 1. The molecule has 0 aliphatic carbocycles. The summed E-state index contributed by atoms with van der Waals surface area (Å²) < 4.78 is 5.28. The molecule has 0 heterocycles. The lowest BCUT2D eigenvalue weighted by molar-refractivity contribution is 0.0953. The smallest absolute Gasteiger partial charge is 0.251 e. The molecule has 0 saturated heterocycles. The number of benzene rings is 1. The van der Waals surface area contributed by atoms with E-state index in [1.165, 1.54) is 0 Å². The Balaban J connectivity index is 0.00000529. The first kappa shape index (κ1) is 22.6. The van der Waals surface area contributed by atoms with Crippen LogP contribution in [0.5, 0.6) is 0 Å². The monoisotopic (exact) mass is 448 g/mol. The number of amides is 1. The third-order valence-corrected chi connectivity index (χ3v) is 3.15. The number of ether oxygens (including phenoxy) is 1. The van der Waals surface area contributed by atoms with Crippen molar-refractivity contribution in [2.24, 2.45) is 4.99 Å². The molecule has 0 fully saturated rings. The van der Waals surface area contributed by atoms with Crippen molar-refractivity contribution < 1.29 is 9.53 Å². The number of halogens is 1. The highest BCUT2D eigenvalue weighted by Crippen LogP contribution is 2.05. The Labute approximate surface area is 161 Å². The normalized spacial score (nSPS) is 10.7. The molecule has 0 spiro atoms. The van der Waals surface area contributed by atoms with Crippen LogP contribution in [0.2, 0.25) is 0 Å². The third-order valence-electron chi connectivity index (χ3n) is 3.15. The second-order valence-corrected chi connectivity index (χ2v) is 5.01. The van der Waals surface area contributed by atoms with Gasteiger partial charge in [-0.15, -0.1) is 24.0 Å². The molecule has 6 nitrogen and oxygen atoms in total. The summed E-state index contributed by atoms with van der Waals surface area (Å²) >= 11 is 0. The lowest BCUT2D eigenvalue weighted by Gasteiger charge is -2.12. The first-order valence-electron chi connectivity index (χ1n) is 8.10. The number of aliphatic imine (C=N–C) groups is 1. The number of carbonyl (C=O) groups is 1. The van der Waals surface area contributed by atoms with Crippen LogP contribution in [-0.2, 0) is 11.3 Å². The molecule has 7 heteroatoms. The van der Waals surface area contributed by atoms with E-state index < -0.39 is 0 Å². The number of nitrogens with zero attached hydrogens (tertiary/aromatic N) is 1. The van der Waals surface area contributed by atoms with Gasteiger partial charge in [-0.25, -0.2) is 0 Å². The van der Waals surface area contributed by atoms with Gasteiger partial charge in [-0.1, -0.05) is 19.1 Å². The fourth-order valence-electron chi connectivity index (χ4n) is 1.96. The summed E-state index contributed by atoms with van der Waals surface area (Å²) in [5, 5.41) is 9.28. The fourth-order valence-corrected chi connectivity index (χ4v) is 1.96. The predicted octanol–water partition coefficient (Wildman–Crippen LogP) is 2.15. The van der Waals surface area contributed by atoms with E-state index in [0.717, 1.165) is 12.0 Å². The Bertz CT molecular complexity index is 509. The first-order chi connectivity index (χ1) is 11.2. The minimum atomic E-state index is -0.0343. The largest absolute Gasteiger partial charge is 0.380 e. The molecule has 0 aliphatic heterocycles. The minimum Gasteiger partial charge on any atom is -0.380 e. The molecular formula is C17H29IN4O2. The van der Waals surface area contributed by atoms with E-state index in [4.69, 9.17) is 4.74 Å². The van der Waals surface area contributed by atoms with Crippen LogP contribution in [0.4, 0.5) is 0 Å². The zero-order valence-electron chi connectivity index (χ0n) is 14.7. The summed E-state index contributed by atoms with van der Waals surface area (Å²) in [7, 11) is 1.73. The maximum atomic E-state index is 12.0. The van der Waals surface area contributed by atoms with E-state index in [1.54, 1.807) is 7.05 Å². The van der Waals surface area contributed by atoms with Crippen molar-refractivity contribution in [3.63, 3.8) is 0 Å². The molecule has 1 aromatic carbocycles. The Morgan fingerprint density at radius 2 is 1.96 bits per heavy atom. The molecule has 1 rings (SSSR count). The van der Waals surface area contributed by atoms with Crippen LogP contribution in [0.1, 0.15) is 36.2 Å². The molecule has 0 atom stereocenters. The Kier molecular flexibility index (Phi) is 13.2. The van der Waals surface area contributed by atoms with Crippen LogP contribution >= 0.6 is 24.0 Å². The zero-order valence-corrected chi connectivity index (χ0v) is 17.1. The minimum absolute atomic E-state index is 0. The highest BCUT2D eigenvalue weighted by molar-refractivity contribution is 14.0. The van der Waals surface area contributed by atoms with E-state index in [0.29, 0.717) is 44.4 Å². The summed E-state index contributed by atoms with van der Waals surface area (Å²) in [6.45, 7) is 7.35.